The van der Waals surface area contributed by atoms with Gasteiger partial charge in [0.15, 0.2) is 0 Å². The molecule has 0 amide bonds. The zero-order valence-electron chi connectivity index (χ0n) is 6.74. The smallest absolute Gasteiger partial charge is 0.384 e. The van der Waals surface area contributed by atoms with E-state index in [1.54, 1.807) is 0 Å². The van der Waals surface area contributed by atoms with Gasteiger partial charge < -0.3 is 5.32 Å². The predicted molar refractivity (Wildman–Crippen MR) is 46.2 cm³/mol. The molecule has 0 saturated heterocycles. The summed E-state index contributed by atoms with van der Waals surface area (Å²) in [5, 5.41) is 2.79. The van der Waals surface area contributed by atoms with Crippen molar-refractivity contribution in [3.63, 3.8) is 0 Å². The Morgan fingerprint density at radius 3 is 2.85 bits per heavy atom. The molecule has 13 heavy (non-hydrogen) atoms. The van der Waals surface area contributed by atoms with Crippen molar-refractivity contribution in [3.8, 4) is 0 Å². The van der Waals surface area contributed by atoms with E-state index in [0.717, 1.165) is 11.3 Å². The van der Waals surface area contributed by atoms with E-state index in [2.05, 4.69) is 5.32 Å². The average Bonchev–Trinajstić information content (AvgIpc) is 2.48. The Hall–Kier alpha value is -0.580. The molecule has 0 radical (unpaired) electrons. The average molecular weight is 207 g/mol. The minimum atomic E-state index is -4.21. The first kappa shape index (κ1) is 8.99. The minimum Gasteiger partial charge on any atom is -0.384 e. The molecule has 0 aromatic carbocycles. The largest absolute Gasteiger partial charge is 0.418 e. The van der Waals surface area contributed by atoms with Gasteiger partial charge in [-0.25, -0.2) is 0 Å². The third-order valence-electron chi connectivity index (χ3n) is 2.05. The molecule has 1 nitrogen and oxygen atoms in total. The molecule has 0 fully saturated rings. The summed E-state index contributed by atoms with van der Waals surface area (Å²) < 4.78 is 37.3. The van der Waals surface area contributed by atoms with E-state index in [1.165, 1.54) is 17.8 Å². The first-order valence-corrected chi connectivity index (χ1v) is 4.95. The number of nitrogens with one attached hydrogen (secondary N) is 1. The van der Waals surface area contributed by atoms with Crippen LogP contribution in [0.2, 0.25) is 0 Å². The third-order valence-corrected chi connectivity index (χ3v) is 3.14. The van der Waals surface area contributed by atoms with Gasteiger partial charge >= 0.3 is 6.18 Å². The second-order valence-electron chi connectivity index (χ2n) is 2.90. The van der Waals surface area contributed by atoms with Gasteiger partial charge in [0.2, 0.25) is 0 Å². The highest BCUT2D eigenvalue weighted by Crippen LogP contribution is 2.40. The Kier molecular flexibility index (Phi) is 2.06. The molecule has 0 unspecified atom stereocenters. The van der Waals surface area contributed by atoms with E-state index >= 15 is 0 Å². The van der Waals surface area contributed by atoms with Crippen molar-refractivity contribution >= 4 is 11.8 Å². The molecule has 0 atom stereocenters. The van der Waals surface area contributed by atoms with Gasteiger partial charge in [-0.1, -0.05) is 6.08 Å². The number of hydrogen-bond acceptors (Lipinski definition) is 2. The van der Waals surface area contributed by atoms with Gasteiger partial charge in [0.1, 0.15) is 0 Å². The fourth-order valence-electron chi connectivity index (χ4n) is 1.50. The molecular weight excluding hydrogens is 199 g/mol. The molecule has 0 aliphatic carbocycles. The highest BCUT2D eigenvalue weighted by atomic mass is 32.2. The van der Waals surface area contributed by atoms with Gasteiger partial charge in [0.05, 0.1) is 11.3 Å². The van der Waals surface area contributed by atoms with Crippen LogP contribution in [0, 0.1) is 0 Å². The summed E-state index contributed by atoms with van der Waals surface area (Å²) in [6.07, 6.45) is -2.23. The van der Waals surface area contributed by atoms with Crippen LogP contribution in [0.15, 0.2) is 22.3 Å². The normalized spacial score (nSPS) is 22.5. The van der Waals surface area contributed by atoms with Crippen LogP contribution >= 0.6 is 11.8 Å². The van der Waals surface area contributed by atoms with E-state index in [0.29, 0.717) is 18.0 Å². The van der Waals surface area contributed by atoms with Gasteiger partial charge in [-0.15, -0.1) is 11.8 Å². The van der Waals surface area contributed by atoms with Gasteiger partial charge in [-0.3, -0.25) is 0 Å². The van der Waals surface area contributed by atoms with E-state index in [4.69, 9.17) is 0 Å². The summed E-state index contributed by atoms with van der Waals surface area (Å²) in [5.41, 5.74) is -0.178. The lowest BCUT2D eigenvalue weighted by atomic mass is 10.1. The summed E-state index contributed by atoms with van der Waals surface area (Å²) in [7, 11) is 0. The van der Waals surface area contributed by atoms with E-state index in [1.807, 2.05) is 0 Å². The van der Waals surface area contributed by atoms with Crippen LogP contribution in [0.4, 0.5) is 13.2 Å². The van der Waals surface area contributed by atoms with E-state index in [9.17, 15) is 13.2 Å². The molecule has 2 heterocycles. The van der Waals surface area contributed by atoms with Crippen molar-refractivity contribution in [2.45, 2.75) is 12.6 Å². The number of halogens is 3. The van der Waals surface area contributed by atoms with Crippen LogP contribution in [-0.4, -0.2) is 18.5 Å². The lowest BCUT2D eigenvalue weighted by Gasteiger charge is -2.18. The molecular formula is C8H8F3NS. The first-order chi connectivity index (χ1) is 6.09. The Labute approximate surface area is 78.1 Å². The Morgan fingerprint density at radius 2 is 2.15 bits per heavy atom. The summed E-state index contributed by atoms with van der Waals surface area (Å²) in [6.45, 7) is 0.630. The molecule has 2 aliphatic heterocycles. The highest BCUT2D eigenvalue weighted by molar-refractivity contribution is 8.03. The number of allylic oxidation sites excluding steroid dienone is 1. The zero-order chi connectivity index (χ0) is 9.47. The lowest BCUT2D eigenvalue weighted by molar-refractivity contribution is -0.0899. The maximum atomic E-state index is 12.4. The van der Waals surface area contributed by atoms with Crippen LogP contribution < -0.4 is 5.32 Å². The first-order valence-electron chi connectivity index (χ1n) is 3.96. The minimum absolute atomic E-state index is 0.309. The molecule has 0 bridgehead atoms. The van der Waals surface area contributed by atoms with Gasteiger partial charge in [-0.05, 0) is 6.42 Å². The van der Waals surface area contributed by atoms with Crippen molar-refractivity contribution in [2.75, 3.05) is 12.3 Å². The van der Waals surface area contributed by atoms with Gasteiger partial charge in [0, 0.05) is 17.2 Å². The number of thioether (sulfide) groups is 1. The molecule has 2 aliphatic rings. The number of alkyl halides is 3. The monoisotopic (exact) mass is 207 g/mol. The summed E-state index contributed by atoms with van der Waals surface area (Å²) >= 11 is 1.49. The second-order valence-corrected chi connectivity index (χ2v) is 4.02. The van der Waals surface area contributed by atoms with Crippen LogP contribution in [0.25, 0.3) is 0 Å². The highest BCUT2D eigenvalue weighted by Gasteiger charge is 2.39. The quantitative estimate of drug-likeness (QED) is 0.654. The van der Waals surface area contributed by atoms with Crippen molar-refractivity contribution < 1.29 is 13.2 Å². The Morgan fingerprint density at radius 1 is 1.38 bits per heavy atom. The van der Waals surface area contributed by atoms with Crippen LogP contribution in [0.3, 0.4) is 0 Å². The molecule has 0 saturated carbocycles. The zero-order valence-corrected chi connectivity index (χ0v) is 7.56. The maximum absolute atomic E-state index is 12.4. The fraction of sp³-hybridized carbons (Fsp3) is 0.500. The standard InChI is InChI=1S/C8H8F3NS/c9-8(10,11)5-2-4-13-6-1-3-12-7(5)6/h2,12H,1,3-4H2. The van der Waals surface area contributed by atoms with Crippen molar-refractivity contribution in [1.29, 1.82) is 0 Å². The van der Waals surface area contributed by atoms with Crippen LogP contribution in [0.1, 0.15) is 6.42 Å². The third kappa shape index (κ3) is 1.57. The number of rotatable bonds is 0. The molecule has 0 aromatic heterocycles. The summed E-state index contributed by atoms with van der Waals surface area (Å²) in [6, 6.07) is 0. The summed E-state index contributed by atoms with van der Waals surface area (Å²) in [4.78, 5) is 0.856. The van der Waals surface area contributed by atoms with E-state index in [-0.39, 0.29) is 0 Å². The molecule has 1 N–H and O–H groups in total. The van der Waals surface area contributed by atoms with Crippen molar-refractivity contribution in [3.05, 3.63) is 22.3 Å². The Bertz CT molecular complexity index is 290. The molecule has 2 rings (SSSR count). The maximum Gasteiger partial charge on any atom is 0.418 e. The molecule has 5 heteroatoms. The second kappa shape index (κ2) is 2.97. The van der Waals surface area contributed by atoms with Crippen molar-refractivity contribution in [1.82, 2.24) is 5.32 Å². The van der Waals surface area contributed by atoms with Gasteiger partial charge in [-0.2, -0.15) is 13.2 Å². The summed E-state index contributed by atoms with van der Waals surface area (Å²) in [5.74, 6) is 0.440. The van der Waals surface area contributed by atoms with Gasteiger partial charge in [0.25, 0.3) is 0 Å². The van der Waals surface area contributed by atoms with Crippen LogP contribution in [0.5, 0.6) is 0 Å². The topological polar surface area (TPSA) is 12.0 Å². The predicted octanol–water partition coefficient (Wildman–Crippen LogP) is 2.43. The van der Waals surface area contributed by atoms with Crippen molar-refractivity contribution in [2.24, 2.45) is 0 Å². The number of hydrogen-bond donors (Lipinski definition) is 1. The van der Waals surface area contributed by atoms with Crippen LogP contribution in [-0.2, 0) is 0 Å². The lowest BCUT2D eigenvalue weighted by Crippen LogP contribution is -2.22. The van der Waals surface area contributed by atoms with E-state index < -0.39 is 11.7 Å². The molecule has 0 aromatic rings. The molecule has 0 spiro atoms. The Balaban J connectivity index is 2.34. The fourth-order valence-corrected chi connectivity index (χ4v) is 2.52. The molecule has 72 valence electrons. The SMILES string of the molecule is FC(F)(F)C1=CCSC2=C1NCC2.